The van der Waals surface area contributed by atoms with Crippen LogP contribution in [0.1, 0.15) is 11.1 Å². The van der Waals surface area contributed by atoms with E-state index in [1.54, 1.807) is 25.1 Å². The normalized spacial score (nSPS) is 10.5. The van der Waals surface area contributed by atoms with Crippen molar-refractivity contribution >= 4 is 40.9 Å². The Kier molecular flexibility index (Phi) is 6.46. The first-order valence-corrected chi connectivity index (χ1v) is 7.89. The van der Waals surface area contributed by atoms with Crippen molar-refractivity contribution in [3.05, 3.63) is 74.8 Å². The van der Waals surface area contributed by atoms with Crippen LogP contribution in [0.25, 0.3) is 6.08 Å². The minimum Gasteiger partial charge on any atom is -0.452 e. The van der Waals surface area contributed by atoms with Crippen molar-refractivity contribution in [2.75, 3.05) is 11.9 Å². The lowest BCUT2D eigenvalue weighted by atomic mass is 10.2. The van der Waals surface area contributed by atoms with Gasteiger partial charge in [-0.2, -0.15) is 0 Å². The average molecular weight is 375 g/mol. The van der Waals surface area contributed by atoms with E-state index in [1.165, 1.54) is 30.3 Å². The number of amides is 1. The van der Waals surface area contributed by atoms with Crippen molar-refractivity contribution in [3.8, 4) is 0 Å². The van der Waals surface area contributed by atoms with E-state index in [0.717, 1.165) is 6.08 Å². The summed E-state index contributed by atoms with van der Waals surface area (Å²) in [5.74, 6) is -1.20. The minimum atomic E-state index is -0.707. The lowest BCUT2D eigenvalue weighted by Gasteiger charge is -2.09. The number of rotatable bonds is 6. The summed E-state index contributed by atoms with van der Waals surface area (Å²) < 4.78 is 4.85. The van der Waals surface area contributed by atoms with Crippen molar-refractivity contribution in [3.63, 3.8) is 0 Å². The number of esters is 1. The number of nitro benzene ring substituents is 1. The number of hydrogen-bond acceptors (Lipinski definition) is 5. The van der Waals surface area contributed by atoms with Crippen LogP contribution < -0.4 is 5.32 Å². The van der Waals surface area contributed by atoms with Crippen LogP contribution in [0, 0.1) is 17.0 Å². The predicted octanol–water partition coefficient (Wildman–Crippen LogP) is 3.75. The summed E-state index contributed by atoms with van der Waals surface area (Å²) in [6.07, 6.45) is 2.57. The molecule has 0 fully saturated rings. The summed E-state index contributed by atoms with van der Waals surface area (Å²) in [7, 11) is 0. The number of non-ortho nitro benzene ring substituents is 1. The quantitative estimate of drug-likeness (QED) is 0.359. The number of carbonyl (C=O) groups excluding carboxylic acids is 2. The number of benzene rings is 2. The SMILES string of the molecule is Cc1c(Cl)cccc1NC(=O)COC(=O)/C=C/c1ccc([N+](=O)[O-])cc1. The molecule has 0 heterocycles. The van der Waals surface area contributed by atoms with Crippen molar-refractivity contribution < 1.29 is 19.2 Å². The highest BCUT2D eigenvalue weighted by Gasteiger charge is 2.09. The van der Waals surface area contributed by atoms with Crippen LogP contribution in [0.15, 0.2) is 48.5 Å². The second-order valence-corrected chi connectivity index (χ2v) is 5.66. The van der Waals surface area contributed by atoms with E-state index in [2.05, 4.69) is 5.32 Å². The maximum Gasteiger partial charge on any atom is 0.331 e. The molecule has 0 saturated carbocycles. The van der Waals surface area contributed by atoms with Gasteiger partial charge in [0.2, 0.25) is 0 Å². The second kappa shape index (κ2) is 8.77. The van der Waals surface area contributed by atoms with Crippen LogP contribution in [0.4, 0.5) is 11.4 Å². The fourth-order valence-electron chi connectivity index (χ4n) is 1.99. The lowest BCUT2D eigenvalue weighted by molar-refractivity contribution is -0.384. The van der Waals surface area contributed by atoms with Gasteiger partial charge < -0.3 is 10.1 Å². The number of nitro groups is 1. The number of ether oxygens (including phenoxy) is 1. The van der Waals surface area contributed by atoms with Crippen LogP contribution in [0.3, 0.4) is 0 Å². The van der Waals surface area contributed by atoms with E-state index in [0.29, 0.717) is 21.8 Å². The molecule has 0 aliphatic carbocycles. The Hall–Kier alpha value is -3.19. The largest absolute Gasteiger partial charge is 0.452 e. The molecule has 2 aromatic carbocycles. The molecule has 0 aliphatic rings. The van der Waals surface area contributed by atoms with E-state index in [4.69, 9.17) is 16.3 Å². The van der Waals surface area contributed by atoms with Crippen molar-refractivity contribution in [1.29, 1.82) is 0 Å². The first-order valence-electron chi connectivity index (χ1n) is 7.51. The molecule has 26 heavy (non-hydrogen) atoms. The van der Waals surface area contributed by atoms with E-state index < -0.39 is 23.4 Å². The number of nitrogens with zero attached hydrogens (tertiary/aromatic N) is 1. The highest BCUT2D eigenvalue weighted by Crippen LogP contribution is 2.22. The molecule has 134 valence electrons. The van der Waals surface area contributed by atoms with Crippen molar-refractivity contribution in [2.24, 2.45) is 0 Å². The molecule has 0 spiro atoms. The smallest absolute Gasteiger partial charge is 0.331 e. The first kappa shape index (κ1) is 19.1. The van der Waals surface area contributed by atoms with E-state index >= 15 is 0 Å². The summed E-state index contributed by atoms with van der Waals surface area (Å²) in [5.41, 5.74) is 1.80. The number of hydrogen-bond donors (Lipinski definition) is 1. The van der Waals surface area contributed by atoms with Crippen LogP contribution in [-0.4, -0.2) is 23.4 Å². The number of nitrogens with one attached hydrogen (secondary N) is 1. The molecule has 0 unspecified atom stereocenters. The highest BCUT2D eigenvalue weighted by atomic mass is 35.5. The zero-order valence-corrected chi connectivity index (χ0v) is 14.5. The fourth-order valence-corrected chi connectivity index (χ4v) is 2.16. The second-order valence-electron chi connectivity index (χ2n) is 5.25. The van der Waals surface area contributed by atoms with Gasteiger partial charge in [0.25, 0.3) is 11.6 Å². The Morgan fingerprint density at radius 2 is 1.92 bits per heavy atom. The predicted molar refractivity (Wildman–Crippen MR) is 97.9 cm³/mol. The molecule has 0 aromatic heterocycles. The summed E-state index contributed by atoms with van der Waals surface area (Å²) >= 11 is 5.97. The van der Waals surface area contributed by atoms with Gasteiger partial charge in [-0.15, -0.1) is 0 Å². The van der Waals surface area contributed by atoms with Gasteiger partial charge in [-0.25, -0.2) is 4.79 Å². The molecule has 0 saturated heterocycles. The third kappa shape index (κ3) is 5.42. The summed E-state index contributed by atoms with van der Waals surface area (Å²) in [5, 5.41) is 13.7. The minimum absolute atomic E-state index is 0.0438. The third-order valence-corrected chi connectivity index (χ3v) is 3.81. The summed E-state index contributed by atoms with van der Waals surface area (Å²) in [6, 6.07) is 10.7. The maximum absolute atomic E-state index is 11.8. The van der Waals surface area contributed by atoms with Gasteiger partial charge in [-0.05, 0) is 48.4 Å². The average Bonchev–Trinajstić information content (AvgIpc) is 2.62. The maximum atomic E-state index is 11.8. The molecule has 7 nitrogen and oxygen atoms in total. The van der Waals surface area contributed by atoms with Crippen molar-refractivity contribution in [2.45, 2.75) is 6.92 Å². The Balaban J connectivity index is 1.85. The molecular weight excluding hydrogens is 360 g/mol. The Morgan fingerprint density at radius 3 is 2.58 bits per heavy atom. The molecule has 0 aliphatic heterocycles. The van der Waals surface area contributed by atoms with Gasteiger partial charge in [0.05, 0.1) is 4.92 Å². The highest BCUT2D eigenvalue weighted by molar-refractivity contribution is 6.31. The van der Waals surface area contributed by atoms with Crippen LogP contribution in [0.5, 0.6) is 0 Å². The summed E-state index contributed by atoms with van der Waals surface area (Å²) in [6.45, 7) is 1.31. The molecule has 1 amide bonds. The monoisotopic (exact) mass is 374 g/mol. The first-order chi connectivity index (χ1) is 12.4. The van der Waals surface area contributed by atoms with Crippen LogP contribution in [0.2, 0.25) is 5.02 Å². The number of halogens is 1. The van der Waals surface area contributed by atoms with Gasteiger partial charge in [0, 0.05) is 28.9 Å². The molecule has 2 aromatic rings. The molecule has 0 atom stereocenters. The Labute approximate surface area is 154 Å². The van der Waals surface area contributed by atoms with Gasteiger partial charge in [-0.1, -0.05) is 17.7 Å². The number of anilines is 1. The Morgan fingerprint density at radius 1 is 1.23 bits per heavy atom. The standard InChI is InChI=1S/C18H15ClN2O5/c1-12-15(19)3-2-4-16(12)20-17(22)11-26-18(23)10-7-13-5-8-14(9-6-13)21(24)25/h2-10H,11H2,1H3,(H,20,22)/b10-7+. The van der Waals surface area contributed by atoms with E-state index in [-0.39, 0.29) is 5.69 Å². The molecule has 0 radical (unpaired) electrons. The fraction of sp³-hybridized carbons (Fsp3) is 0.111. The number of carbonyl (C=O) groups is 2. The van der Waals surface area contributed by atoms with Gasteiger partial charge >= 0.3 is 5.97 Å². The summed E-state index contributed by atoms with van der Waals surface area (Å²) in [4.78, 5) is 33.5. The third-order valence-electron chi connectivity index (χ3n) is 3.40. The zero-order valence-electron chi connectivity index (χ0n) is 13.8. The van der Waals surface area contributed by atoms with Gasteiger partial charge in [-0.3, -0.25) is 14.9 Å². The molecule has 1 N–H and O–H groups in total. The van der Waals surface area contributed by atoms with Crippen LogP contribution in [-0.2, 0) is 14.3 Å². The molecular formula is C18H15ClN2O5. The zero-order chi connectivity index (χ0) is 19.1. The molecule has 8 heteroatoms. The van der Waals surface area contributed by atoms with Crippen molar-refractivity contribution in [1.82, 2.24) is 0 Å². The van der Waals surface area contributed by atoms with Crippen LogP contribution >= 0.6 is 11.6 Å². The van der Waals surface area contributed by atoms with Gasteiger partial charge in [0.15, 0.2) is 6.61 Å². The topological polar surface area (TPSA) is 98.5 Å². The molecule has 0 bridgehead atoms. The van der Waals surface area contributed by atoms with E-state index in [1.807, 2.05) is 0 Å². The molecule has 2 rings (SSSR count). The van der Waals surface area contributed by atoms with E-state index in [9.17, 15) is 19.7 Å². The van der Waals surface area contributed by atoms with Gasteiger partial charge in [0.1, 0.15) is 0 Å². The lowest BCUT2D eigenvalue weighted by Crippen LogP contribution is -2.20. The Bertz CT molecular complexity index is 862.